The molecule has 7 nitrogen and oxygen atoms in total. The van der Waals surface area contributed by atoms with Gasteiger partial charge >= 0.3 is 5.97 Å². The van der Waals surface area contributed by atoms with Crippen LogP contribution < -0.4 is 4.74 Å². The van der Waals surface area contributed by atoms with Crippen molar-refractivity contribution in [3.63, 3.8) is 0 Å². The van der Waals surface area contributed by atoms with Crippen molar-refractivity contribution in [2.24, 2.45) is 0 Å². The second-order valence-corrected chi connectivity index (χ2v) is 4.82. The third-order valence-electron chi connectivity index (χ3n) is 3.16. The number of carbonyl (C=O) groups is 1. The summed E-state index contributed by atoms with van der Waals surface area (Å²) in [4.78, 5) is 18.7. The number of ether oxygens (including phenoxy) is 1. The van der Waals surface area contributed by atoms with Gasteiger partial charge in [-0.25, -0.2) is 32.6 Å². The summed E-state index contributed by atoms with van der Waals surface area (Å²) in [5.41, 5.74) is -0.195. The Bertz CT molecular complexity index is 928. The first-order valence-corrected chi connectivity index (χ1v) is 6.81. The van der Waals surface area contributed by atoms with Gasteiger partial charge in [-0.3, -0.25) is 0 Å². The van der Waals surface area contributed by atoms with E-state index >= 15 is 0 Å². The molecule has 2 heterocycles. The SMILES string of the molecule is O=C(O)c1cnn(-c2ncc(OCc3ccc(F)c(F)c3F)cn2)c1. The molecule has 3 aromatic rings. The summed E-state index contributed by atoms with van der Waals surface area (Å²) >= 11 is 0. The van der Waals surface area contributed by atoms with Crippen LogP contribution in [-0.4, -0.2) is 30.8 Å². The van der Waals surface area contributed by atoms with E-state index in [-0.39, 0.29) is 29.4 Å². The first-order chi connectivity index (χ1) is 12.0. The Hall–Kier alpha value is -3.43. The maximum Gasteiger partial charge on any atom is 0.338 e. The number of rotatable bonds is 5. The van der Waals surface area contributed by atoms with Gasteiger partial charge in [0.05, 0.1) is 24.2 Å². The fourth-order valence-corrected chi connectivity index (χ4v) is 1.88. The van der Waals surface area contributed by atoms with Crippen LogP contribution in [0.25, 0.3) is 5.95 Å². The van der Waals surface area contributed by atoms with E-state index in [0.717, 1.165) is 23.0 Å². The summed E-state index contributed by atoms with van der Waals surface area (Å²) in [5.74, 6) is -5.07. The number of aromatic nitrogens is 4. The molecule has 0 aliphatic carbocycles. The van der Waals surface area contributed by atoms with E-state index in [4.69, 9.17) is 9.84 Å². The molecule has 0 radical (unpaired) electrons. The van der Waals surface area contributed by atoms with Crippen LogP contribution in [0.3, 0.4) is 0 Å². The van der Waals surface area contributed by atoms with E-state index in [9.17, 15) is 18.0 Å². The number of nitrogens with zero attached hydrogens (tertiary/aromatic N) is 4. The number of benzene rings is 1. The second kappa shape index (κ2) is 6.59. The van der Waals surface area contributed by atoms with Crippen molar-refractivity contribution in [1.29, 1.82) is 0 Å². The van der Waals surface area contributed by atoms with Crippen LogP contribution in [0.2, 0.25) is 0 Å². The normalized spacial score (nSPS) is 10.7. The zero-order valence-corrected chi connectivity index (χ0v) is 12.4. The van der Waals surface area contributed by atoms with Gasteiger partial charge in [-0.15, -0.1) is 0 Å². The Morgan fingerprint density at radius 1 is 1.12 bits per heavy atom. The molecule has 0 atom stereocenters. The van der Waals surface area contributed by atoms with Crippen molar-refractivity contribution in [2.45, 2.75) is 6.61 Å². The number of hydrogen-bond acceptors (Lipinski definition) is 5. The average molecular weight is 350 g/mol. The molecule has 0 bridgehead atoms. The molecule has 1 aromatic carbocycles. The Morgan fingerprint density at radius 2 is 1.84 bits per heavy atom. The minimum atomic E-state index is -1.57. The number of hydrogen-bond donors (Lipinski definition) is 1. The number of halogens is 3. The predicted octanol–water partition coefficient (Wildman–Crippen LogP) is 2.36. The van der Waals surface area contributed by atoms with Crippen molar-refractivity contribution >= 4 is 5.97 Å². The monoisotopic (exact) mass is 350 g/mol. The largest absolute Gasteiger partial charge is 0.486 e. The molecule has 0 aliphatic heterocycles. The quantitative estimate of drug-likeness (QED) is 0.711. The lowest BCUT2D eigenvalue weighted by atomic mass is 10.2. The van der Waals surface area contributed by atoms with E-state index < -0.39 is 23.4 Å². The molecule has 25 heavy (non-hydrogen) atoms. The lowest BCUT2D eigenvalue weighted by Crippen LogP contribution is -2.05. The van der Waals surface area contributed by atoms with Crippen LogP contribution in [-0.2, 0) is 6.61 Å². The molecular weight excluding hydrogens is 341 g/mol. The van der Waals surface area contributed by atoms with Crippen molar-refractivity contribution < 1.29 is 27.8 Å². The average Bonchev–Trinajstić information content (AvgIpc) is 3.10. The van der Waals surface area contributed by atoms with Crippen LogP contribution in [0.1, 0.15) is 15.9 Å². The smallest absolute Gasteiger partial charge is 0.338 e. The molecule has 0 spiro atoms. The molecule has 0 amide bonds. The number of aromatic carboxylic acids is 1. The minimum Gasteiger partial charge on any atom is -0.486 e. The van der Waals surface area contributed by atoms with E-state index in [1.807, 2.05) is 0 Å². The topological polar surface area (TPSA) is 90.1 Å². The predicted molar refractivity (Wildman–Crippen MR) is 76.8 cm³/mol. The molecule has 3 rings (SSSR count). The third-order valence-corrected chi connectivity index (χ3v) is 3.16. The molecule has 0 saturated heterocycles. The first kappa shape index (κ1) is 16.4. The van der Waals surface area contributed by atoms with E-state index in [0.29, 0.717) is 0 Å². The van der Waals surface area contributed by atoms with Gasteiger partial charge in [0.1, 0.15) is 6.61 Å². The van der Waals surface area contributed by atoms with Gasteiger partial charge in [0.15, 0.2) is 23.2 Å². The van der Waals surface area contributed by atoms with Gasteiger partial charge in [-0.1, -0.05) is 0 Å². The summed E-state index contributed by atoms with van der Waals surface area (Å²) in [6, 6.07) is 1.87. The molecule has 10 heteroatoms. The molecule has 1 N–H and O–H groups in total. The van der Waals surface area contributed by atoms with Gasteiger partial charge in [0.25, 0.3) is 5.95 Å². The number of carboxylic acids is 1. The first-order valence-electron chi connectivity index (χ1n) is 6.81. The van der Waals surface area contributed by atoms with Gasteiger partial charge in [0.2, 0.25) is 0 Å². The zero-order chi connectivity index (χ0) is 18.0. The van der Waals surface area contributed by atoms with Crippen LogP contribution in [0.15, 0.2) is 36.9 Å². The van der Waals surface area contributed by atoms with Crippen molar-refractivity contribution in [3.8, 4) is 11.7 Å². The lowest BCUT2D eigenvalue weighted by Gasteiger charge is -2.08. The molecule has 2 aromatic heterocycles. The van der Waals surface area contributed by atoms with E-state index in [1.165, 1.54) is 18.6 Å². The van der Waals surface area contributed by atoms with Crippen molar-refractivity contribution in [3.05, 3.63) is 65.5 Å². The van der Waals surface area contributed by atoms with Crippen LogP contribution in [0.5, 0.6) is 5.75 Å². The number of carboxylic acid groups (broad SMARTS) is 1. The Kier molecular flexibility index (Phi) is 4.33. The van der Waals surface area contributed by atoms with Gasteiger partial charge < -0.3 is 9.84 Å². The highest BCUT2D eigenvalue weighted by Gasteiger charge is 2.14. The van der Waals surface area contributed by atoms with Crippen LogP contribution in [0.4, 0.5) is 13.2 Å². The highest BCUT2D eigenvalue weighted by atomic mass is 19.2. The summed E-state index contributed by atoms with van der Waals surface area (Å²) in [7, 11) is 0. The van der Waals surface area contributed by atoms with Crippen LogP contribution >= 0.6 is 0 Å². The molecular formula is C15H9F3N4O3. The van der Waals surface area contributed by atoms with Crippen LogP contribution in [0, 0.1) is 17.5 Å². The molecule has 128 valence electrons. The van der Waals surface area contributed by atoms with Crippen molar-refractivity contribution in [1.82, 2.24) is 19.7 Å². The fraction of sp³-hybridized carbons (Fsp3) is 0.0667. The Labute approximate surface area is 138 Å². The summed E-state index contributed by atoms with van der Waals surface area (Å²) in [5, 5.41) is 12.6. The Morgan fingerprint density at radius 3 is 2.48 bits per heavy atom. The standard InChI is InChI=1S/C15H9F3N4O3/c16-11-2-1-8(12(17)13(11)18)7-25-10-4-19-15(20-5-10)22-6-9(3-21-22)14(23)24/h1-6H,7H2,(H,23,24). The minimum absolute atomic E-state index is 0.0299. The molecule has 0 aliphatic rings. The van der Waals surface area contributed by atoms with Crippen molar-refractivity contribution in [2.75, 3.05) is 0 Å². The molecule has 0 fully saturated rings. The summed E-state index contributed by atoms with van der Waals surface area (Å²) in [6.07, 6.45) is 4.88. The summed E-state index contributed by atoms with van der Waals surface area (Å²) < 4.78 is 45.9. The fourth-order valence-electron chi connectivity index (χ4n) is 1.88. The van der Waals surface area contributed by atoms with E-state index in [1.54, 1.807) is 0 Å². The second-order valence-electron chi connectivity index (χ2n) is 4.82. The maximum absolute atomic E-state index is 13.5. The maximum atomic E-state index is 13.5. The summed E-state index contributed by atoms with van der Waals surface area (Å²) in [6.45, 7) is -0.351. The van der Waals surface area contributed by atoms with E-state index in [2.05, 4.69) is 15.1 Å². The molecule has 0 unspecified atom stereocenters. The third kappa shape index (κ3) is 3.42. The van der Waals surface area contributed by atoms with Gasteiger partial charge in [-0.2, -0.15) is 5.10 Å². The van der Waals surface area contributed by atoms with Gasteiger partial charge in [-0.05, 0) is 12.1 Å². The molecule has 0 saturated carbocycles. The zero-order valence-electron chi connectivity index (χ0n) is 12.4. The highest BCUT2D eigenvalue weighted by molar-refractivity contribution is 5.86. The Balaban J connectivity index is 1.70. The lowest BCUT2D eigenvalue weighted by molar-refractivity contribution is 0.0697. The van der Waals surface area contributed by atoms with Gasteiger partial charge in [0, 0.05) is 11.8 Å². The highest BCUT2D eigenvalue weighted by Crippen LogP contribution is 2.17.